The Bertz CT molecular complexity index is 698. The molecule has 0 aliphatic carbocycles. The van der Waals surface area contributed by atoms with Crippen molar-refractivity contribution in [1.82, 2.24) is 0 Å². The molecule has 0 radical (unpaired) electrons. The summed E-state index contributed by atoms with van der Waals surface area (Å²) < 4.78 is 0. The van der Waals surface area contributed by atoms with Crippen LogP contribution >= 0.6 is 11.8 Å². The number of nitrogens with zero attached hydrogens (tertiary/aromatic N) is 1. The third kappa shape index (κ3) is 5.13. The van der Waals surface area contributed by atoms with Crippen molar-refractivity contribution in [3.63, 3.8) is 0 Å². The summed E-state index contributed by atoms with van der Waals surface area (Å²) in [4.78, 5) is 16.3. The van der Waals surface area contributed by atoms with E-state index >= 15 is 0 Å². The number of nitrogens with one attached hydrogen (secondary N) is 2. The highest BCUT2D eigenvalue weighted by Gasteiger charge is 2.07. The van der Waals surface area contributed by atoms with E-state index in [9.17, 15) is 4.79 Å². The minimum absolute atomic E-state index is 0.0655. The standard InChI is InChI=1S/C19H21N3OS/c23-18(21-16-6-2-1-3-7-16)8-4-5-15-9-11-17(12-10-15)22-19-20-13-14-24-19/h1-3,6-7,9-12H,4-5,8,13-14H2,(H,20,22)(H,21,23). The highest BCUT2D eigenvalue weighted by atomic mass is 32.2. The van der Waals surface area contributed by atoms with E-state index < -0.39 is 0 Å². The largest absolute Gasteiger partial charge is 0.335 e. The predicted molar refractivity (Wildman–Crippen MR) is 103 cm³/mol. The Morgan fingerprint density at radius 2 is 1.83 bits per heavy atom. The number of aliphatic imine (C=N–C) groups is 1. The number of aryl methyl sites for hydroxylation is 1. The highest BCUT2D eigenvalue weighted by molar-refractivity contribution is 8.14. The van der Waals surface area contributed by atoms with Gasteiger partial charge in [-0.2, -0.15) is 0 Å². The van der Waals surface area contributed by atoms with Gasteiger partial charge in [0, 0.05) is 23.5 Å². The third-order valence-corrected chi connectivity index (χ3v) is 4.61. The molecule has 0 atom stereocenters. The van der Waals surface area contributed by atoms with Crippen LogP contribution in [0.3, 0.4) is 0 Å². The molecule has 3 rings (SSSR count). The van der Waals surface area contributed by atoms with Crippen LogP contribution in [0.25, 0.3) is 0 Å². The van der Waals surface area contributed by atoms with E-state index in [0.29, 0.717) is 6.42 Å². The number of carbonyl (C=O) groups is 1. The molecule has 0 saturated carbocycles. The first-order chi connectivity index (χ1) is 11.8. The van der Waals surface area contributed by atoms with Crippen LogP contribution in [0.1, 0.15) is 18.4 Å². The Morgan fingerprint density at radius 1 is 1.04 bits per heavy atom. The van der Waals surface area contributed by atoms with Gasteiger partial charge >= 0.3 is 0 Å². The fourth-order valence-electron chi connectivity index (χ4n) is 2.49. The van der Waals surface area contributed by atoms with Crippen molar-refractivity contribution < 1.29 is 4.79 Å². The van der Waals surface area contributed by atoms with Crippen LogP contribution in [0.4, 0.5) is 11.4 Å². The van der Waals surface area contributed by atoms with Gasteiger partial charge in [-0.3, -0.25) is 9.79 Å². The smallest absolute Gasteiger partial charge is 0.224 e. The maximum Gasteiger partial charge on any atom is 0.224 e. The molecular weight excluding hydrogens is 318 g/mol. The van der Waals surface area contributed by atoms with Crippen molar-refractivity contribution in [2.24, 2.45) is 4.99 Å². The molecule has 0 spiro atoms. The van der Waals surface area contributed by atoms with Crippen LogP contribution in [0, 0.1) is 0 Å². The minimum atomic E-state index is 0.0655. The van der Waals surface area contributed by atoms with Crippen LogP contribution in [-0.2, 0) is 11.2 Å². The Morgan fingerprint density at radius 3 is 2.54 bits per heavy atom. The second-order valence-corrected chi connectivity index (χ2v) is 6.71. The van der Waals surface area contributed by atoms with Gasteiger partial charge in [0.1, 0.15) is 0 Å². The Balaban J connectivity index is 1.40. The number of benzene rings is 2. The molecule has 0 saturated heterocycles. The normalized spacial score (nSPS) is 13.4. The fourth-order valence-corrected chi connectivity index (χ4v) is 3.24. The molecule has 24 heavy (non-hydrogen) atoms. The molecule has 0 fully saturated rings. The number of para-hydroxylation sites is 1. The SMILES string of the molecule is O=C(CCCc1ccc(NC2=NCCS2)cc1)Nc1ccccc1. The zero-order chi connectivity index (χ0) is 16.6. The van der Waals surface area contributed by atoms with Crippen molar-refractivity contribution in [2.45, 2.75) is 19.3 Å². The number of thioether (sulfide) groups is 1. The first kappa shape index (κ1) is 16.6. The number of carbonyl (C=O) groups excluding carboxylic acids is 1. The van der Waals surface area contributed by atoms with E-state index in [4.69, 9.17) is 0 Å². The maximum atomic E-state index is 11.9. The van der Waals surface area contributed by atoms with Crippen molar-refractivity contribution in [3.8, 4) is 0 Å². The molecule has 2 aromatic carbocycles. The zero-order valence-electron chi connectivity index (χ0n) is 13.5. The molecule has 0 bridgehead atoms. The van der Waals surface area contributed by atoms with Gasteiger partial charge in [0.2, 0.25) is 5.91 Å². The topological polar surface area (TPSA) is 53.5 Å². The summed E-state index contributed by atoms with van der Waals surface area (Å²) in [6.45, 7) is 0.899. The number of hydrogen-bond donors (Lipinski definition) is 2. The molecule has 124 valence electrons. The average molecular weight is 339 g/mol. The molecular formula is C19H21N3OS. The molecule has 0 unspecified atom stereocenters. The molecule has 4 nitrogen and oxygen atoms in total. The number of amides is 1. The summed E-state index contributed by atoms with van der Waals surface area (Å²) in [6.07, 6.45) is 2.27. The zero-order valence-corrected chi connectivity index (χ0v) is 14.3. The van der Waals surface area contributed by atoms with Crippen molar-refractivity contribution in [2.75, 3.05) is 22.9 Å². The van der Waals surface area contributed by atoms with E-state index in [2.05, 4.69) is 39.9 Å². The quantitative estimate of drug-likeness (QED) is 0.831. The van der Waals surface area contributed by atoms with Crippen LogP contribution in [0.15, 0.2) is 59.6 Å². The third-order valence-electron chi connectivity index (χ3n) is 3.72. The second kappa shape index (κ2) is 8.55. The van der Waals surface area contributed by atoms with Gasteiger partial charge in [-0.1, -0.05) is 42.1 Å². The molecule has 2 aromatic rings. The van der Waals surface area contributed by atoms with Gasteiger partial charge in [-0.15, -0.1) is 0 Å². The first-order valence-corrected chi connectivity index (χ1v) is 9.16. The van der Waals surface area contributed by atoms with E-state index in [0.717, 1.165) is 41.7 Å². The van der Waals surface area contributed by atoms with Gasteiger partial charge in [-0.05, 0) is 42.7 Å². The number of anilines is 2. The van der Waals surface area contributed by atoms with E-state index in [-0.39, 0.29) is 5.91 Å². The number of rotatable bonds is 6. The first-order valence-electron chi connectivity index (χ1n) is 8.18. The highest BCUT2D eigenvalue weighted by Crippen LogP contribution is 2.17. The molecule has 0 aromatic heterocycles. The lowest BCUT2D eigenvalue weighted by Gasteiger charge is -2.07. The summed E-state index contributed by atoms with van der Waals surface area (Å²) in [5.41, 5.74) is 3.16. The van der Waals surface area contributed by atoms with E-state index in [1.165, 1.54) is 5.56 Å². The summed E-state index contributed by atoms with van der Waals surface area (Å²) >= 11 is 1.75. The Hall–Kier alpha value is -2.27. The van der Waals surface area contributed by atoms with Crippen LogP contribution in [0.2, 0.25) is 0 Å². The molecule has 5 heteroatoms. The van der Waals surface area contributed by atoms with Crippen LogP contribution in [0.5, 0.6) is 0 Å². The summed E-state index contributed by atoms with van der Waals surface area (Å²) in [6, 6.07) is 17.9. The molecule has 2 N–H and O–H groups in total. The predicted octanol–water partition coefficient (Wildman–Crippen LogP) is 4.16. The number of hydrogen-bond acceptors (Lipinski definition) is 4. The lowest BCUT2D eigenvalue weighted by Crippen LogP contribution is -2.11. The van der Waals surface area contributed by atoms with E-state index in [1.54, 1.807) is 11.8 Å². The summed E-state index contributed by atoms with van der Waals surface area (Å²) in [7, 11) is 0. The van der Waals surface area contributed by atoms with Gasteiger partial charge in [-0.25, -0.2) is 0 Å². The van der Waals surface area contributed by atoms with Crippen molar-refractivity contribution in [3.05, 3.63) is 60.2 Å². The van der Waals surface area contributed by atoms with Gasteiger partial charge in [0.05, 0.1) is 6.54 Å². The monoisotopic (exact) mass is 339 g/mol. The molecule has 1 heterocycles. The molecule has 1 aliphatic rings. The van der Waals surface area contributed by atoms with Gasteiger partial charge in [0.25, 0.3) is 0 Å². The fraction of sp³-hybridized carbons (Fsp3) is 0.263. The Kier molecular flexibility index (Phi) is 5.90. The second-order valence-electron chi connectivity index (χ2n) is 5.63. The van der Waals surface area contributed by atoms with Gasteiger partial charge < -0.3 is 10.6 Å². The lowest BCUT2D eigenvalue weighted by atomic mass is 10.1. The summed E-state index contributed by atoms with van der Waals surface area (Å²) in [5.74, 6) is 1.13. The lowest BCUT2D eigenvalue weighted by molar-refractivity contribution is -0.116. The number of amidine groups is 1. The molecule has 1 aliphatic heterocycles. The molecule has 1 amide bonds. The summed E-state index contributed by atoms with van der Waals surface area (Å²) in [5, 5.41) is 7.23. The maximum absolute atomic E-state index is 11.9. The van der Waals surface area contributed by atoms with Crippen LogP contribution < -0.4 is 10.6 Å². The van der Waals surface area contributed by atoms with E-state index in [1.807, 2.05) is 30.3 Å². The van der Waals surface area contributed by atoms with Crippen LogP contribution in [-0.4, -0.2) is 23.4 Å². The average Bonchev–Trinajstić information content (AvgIpc) is 3.10. The van der Waals surface area contributed by atoms with Crippen molar-refractivity contribution >= 4 is 34.2 Å². The Labute approximate surface area is 146 Å². The van der Waals surface area contributed by atoms with Crippen molar-refractivity contribution in [1.29, 1.82) is 0 Å². The van der Waals surface area contributed by atoms with Gasteiger partial charge in [0.15, 0.2) is 5.17 Å². The minimum Gasteiger partial charge on any atom is -0.335 e.